The number of aliphatic hydroxyl groups is 5. The number of aliphatic hydroxyl groups excluding tert-OH is 5. The largest absolute Gasteiger partial charge is 0.472 e. The fraction of sp³-hybridized carbons (Fsp3) is 0.660. The number of allylic oxidation sites excluding steroid dienone is 12. The molecule has 0 aliphatic heterocycles. The lowest BCUT2D eigenvalue weighted by Crippen LogP contribution is -2.64. The summed E-state index contributed by atoms with van der Waals surface area (Å²) in [5.74, 6) is -1.37. The third-order valence-corrected chi connectivity index (χ3v) is 11.5. The van der Waals surface area contributed by atoms with E-state index in [-0.39, 0.29) is 12.8 Å². The first-order valence-corrected chi connectivity index (χ1v) is 26.3. The van der Waals surface area contributed by atoms with Crippen molar-refractivity contribution in [3.8, 4) is 0 Å². The number of ether oxygens (including phenoxy) is 2. The second kappa shape index (κ2) is 37.1. The average Bonchev–Trinajstić information content (AvgIpc) is 3.27. The van der Waals surface area contributed by atoms with Crippen LogP contribution in [0, 0.1) is 0 Å². The Hall–Kier alpha value is -2.86. The minimum atomic E-state index is -5.39. The summed E-state index contributed by atoms with van der Waals surface area (Å²) < 4.78 is 49.2. The van der Waals surface area contributed by atoms with E-state index in [1.807, 2.05) is 42.5 Å². The SMILES string of the molecule is CCCCC/C=C\C=C/[C@H](O)C/C=C\C/C=C/CCCC(=O)O[C@H](COC(=O)CCCC/C=C\C/C=C\C/C=C\CCCCC)COP(=O)(O)O[C@H]1C(O)C(O)C(O)[C@@H](OP(=O)(O)O)C1O. The van der Waals surface area contributed by atoms with Gasteiger partial charge in [-0.3, -0.25) is 23.2 Å². The van der Waals surface area contributed by atoms with Crippen molar-refractivity contribution in [1.29, 1.82) is 0 Å². The Balaban J connectivity index is 2.71. The first-order chi connectivity index (χ1) is 31.5. The molecule has 8 N–H and O–H groups in total. The molecule has 1 aliphatic rings. The number of rotatable bonds is 37. The van der Waals surface area contributed by atoms with Crippen molar-refractivity contribution >= 4 is 27.6 Å². The molecule has 19 heteroatoms. The predicted molar refractivity (Wildman–Crippen MR) is 251 cm³/mol. The van der Waals surface area contributed by atoms with Gasteiger partial charge in [0.05, 0.1) is 12.7 Å². The highest BCUT2D eigenvalue weighted by molar-refractivity contribution is 7.47. The van der Waals surface area contributed by atoms with Crippen LogP contribution in [-0.2, 0) is 41.8 Å². The van der Waals surface area contributed by atoms with Gasteiger partial charge in [0.2, 0.25) is 0 Å². The highest BCUT2D eigenvalue weighted by Crippen LogP contribution is 2.49. The lowest BCUT2D eigenvalue weighted by molar-refractivity contribution is -0.216. The predicted octanol–water partition coefficient (Wildman–Crippen LogP) is 7.58. The molecule has 0 spiro atoms. The molecular weight excluding hydrogens is 898 g/mol. The molecule has 66 heavy (non-hydrogen) atoms. The number of carbonyl (C=O) groups is 2. The molecule has 0 radical (unpaired) electrons. The summed E-state index contributed by atoms with van der Waals surface area (Å²) >= 11 is 0. The maximum atomic E-state index is 13.0. The van der Waals surface area contributed by atoms with Crippen LogP contribution in [0.2, 0.25) is 0 Å². The van der Waals surface area contributed by atoms with E-state index in [9.17, 15) is 49.1 Å². The zero-order valence-electron chi connectivity index (χ0n) is 38.7. The van der Waals surface area contributed by atoms with Crippen molar-refractivity contribution in [3.63, 3.8) is 0 Å². The van der Waals surface area contributed by atoms with Crippen molar-refractivity contribution in [2.45, 2.75) is 185 Å². The molecule has 9 atom stereocenters. The van der Waals surface area contributed by atoms with Gasteiger partial charge in [-0.25, -0.2) is 9.13 Å². The molecule has 378 valence electrons. The first-order valence-electron chi connectivity index (χ1n) is 23.2. The Morgan fingerprint density at radius 3 is 1.64 bits per heavy atom. The maximum Gasteiger partial charge on any atom is 0.472 e. The molecule has 0 aromatic carbocycles. The minimum absolute atomic E-state index is 0.0426. The topological polar surface area (TPSA) is 276 Å². The molecule has 0 amide bonds. The zero-order chi connectivity index (χ0) is 49.1. The van der Waals surface area contributed by atoms with E-state index in [0.717, 1.165) is 38.5 Å². The zero-order valence-corrected chi connectivity index (χ0v) is 40.5. The Kier molecular flexibility index (Phi) is 34.4. The highest BCUT2D eigenvalue weighted by atomic mass is 31.2. The summed E-state index contributed by atoms with van der Waals surface area (Å²) in [6.07, 6.45) is 27.1. The van der Waals surface area contributed by atoms with Crippen molar-refractivity contribution in [2.75, 3.05) is 13.2 Å². The number of unbranched alkanes of at least 4 members (excludes halogenated alkanes) is 9. The van der Waals surface area contributed by atoms with Crippen molar-refractivity contribution in [3.05, 3.63) is 85.1 Å². The van der Waals surface area contributed by atoms with Crippen LogP contribution in [0.4, 0.5) is 0 Å². The standard InChI is InChI=1S/C47H78O17P2/c1-3-5-7-9-11-12-13-14-15-16-17-18-22-26-30-34-40(49)60-36-39(37-61-66(58,59)64-47-44(53)42(51)43(52)46(45(47)54)63-65(55,56)57)62-41(50)35-31-27-23-19-21-25-29-33-38(48)32-28-24-20-10-8-6-4-2/h11-12,14-15,17-20,23-25,28-29,32,38-39,42-48,51-54H,3-10,13,16,21-22,26-27,30-31,33-37H2,1-2H3,(H,58,59)(H2,55,56,57)/b12-11-,15-14-,18-17-,23-19+,24-20-,29-25-,32-28-/t38-,39+,42?,43?,44?,45?,46+,47-/m0/s1. The van der Waals surface area contributed by atoms with E-state index in [1.165, 1.54) is 32.1 Å². The number of hydrogen-bond donors (Lipinski definition) is 8. The summed E-state index contributed by atoms with van der Waals surface area (Å²) in [5.41, 5.74) is 0. The molecule has 0 bridgehead atoms. The molecule has 1 saturated carbocycles. The summed E-state index contributed by atoms with van der Waals surface area (Å²) in [4.78, 5) is 54.2. The molecule has 17 nitrogen and oxygen atoms in total. The minimum Gasteiger partial charge on any atom is -0.462 e. The van der Waals surface area contributed by atoms with E-state index in [1.54, 1.807) is 6.08 Å². The van der Waals surface area contributed by atoms with Gasteiger partial charge in [0.1, 0.15) is 43.2 Å². The van der Waals surface area contributed by atoms with Crippen molar-refractivity contribution in [1.82, 2.24) is 0 Å². The summed E-state index contributed by atoms with van der Waals surface area (Å²) in [7, 11) is -10.7. The first kappa shape index (κ1) is 61.2. The van der Waals surface area contributed by atoms with Crippen molar-refractivity contribution in [2.24, 2.45) is 0 Å². The van der Waals surface area contributed by atoms with Crippen LogP contribution in [0.5, 0.6) is 0 Å². The Morgan fingerprint density at radius 2 is 1.06 bits per heavy atom. The van der Waals surface area contributed by atoms with Crippen LogP contribution in [0.3, 0.4) is 0 Å². The normalized spacial score (nSPS) is 22.8. The molecule has 1 fully saturated rings. The van der Waals surface area contributed by atoms with Gasteiger partial charge in [-0.05, 0) is 83.5 Å². The van der Waals surface area contributed by atoms with Crippen molar-refractivity contribution < 1.29 is 82.0 Å². The van der Waals surface area contributed by atoms with Gasteiger partial charge >= 0.3 is 27.6 Å². The Morgan fingerprint density at radius 1 is 0.561 bits per heavy atom. The maximum absolute atomic E-state index is 13.0. The fourth-order valence-corrected chi connectivity index (χ4v) is 7.88. The summed E-state index contributed by atoms with van der Waals surface area (Å²) in [6.45, 7) is 2.88. The van der Waals surface area contributed by atoms with Crippen LogP contribution >= 0.6 is 15.6 Å². The third-order valence-electron chi connectivity index (χ3n) is 10.0. The Bertz CT molecular complexity index is 1620. The van der Waals surface area contributed by atoms with Gasteiger partial charge in [0.25, 0.3) is 0 Å². The molecule has 5 unspecified atom stereocenters. The van der Waals surface area contributed by atoms with Crippen LogP contribution in [-0.4, -0.2) is 114 Å². The number of carbonyl (C=O) groups excluding carboxylic acids is 2. The number of esters is 2. The molecule has 0 aromatic rings. The van der Waals surface area contributed by atoms with Gasteiger partial charge in [-0.15, -0.1) is 0 Å². The molecular formula is C47H78O17P2. The summed E-state index contributed by atoms with van der Waals surface area (Å²) in [6, 6.07) is 0. The number of phosphoric acid groups is 2. The quantitative estimate of drug-likeness (QED) is 0.00979. The Labute approximate surface area is 391 Å². The van der Waals surface area contributed by atoms with E-state index in [0.29, 0.717) is 38.5 Å². The van der Waals surface area contributed by atoms with Gasteiger partial charge in [0, 0.05) is 12.8 Å². The number of phosphoric ester groups is 2. The second-order valence-corrected chi connectivity index (χ2v) is 18.6. The average molecular weight is 977 g/mol. The highest BCUT2D eigenvalue weighted by Gasteiger charge is 2.54. The van der Waals surface area contributed by atoms with Gasteiger partial charge in [0.15, 0.2) is 6.10 Å². The molecule has 0 aromatic heterocycles. The summed E-state index contributed by atoms with van der Waals surface area (Å²) in [5, 5.41) is 51.3. The van der Waals surface area contributed by atoms with Crippen LogP contribution in [0.1, 0.15) is 136 Å². The monoisotopic (exact) mass is 976 g/mol. The van der Waals surface area contributed by atoms with Crippen LogP contribution in [0.25, 0.3) is 0 Å². The van der Waals surface area contributed by atoms with Crippen LogP contribution in [0.15, 0.2) is 85.1 Å². The second-order valence-electron chi connectivity index (χ2n) is 16.0. The van der Waals surface area contributed by atoms with Gasteiger partial charge in [-0.1, -0.05) is 125 Å². The smallest absolute Gasteiger partial charge is 0.462 e. The molecule has 1 rings (SSSR count). The van der Waals surface area contributed by atoms with Gasteiger partial charge in [-0.2, -0.15) is 0 Å². The lowest BCUT2D eigenvalue weighted by Gasteiger charge is -2.43. The van der Waals surface area contributed by atoms with E-state index < -0.39 is 89.6 Å². The molecule has 1 aliphatic carbocycles. The van der Waals surface area contributed by atoms with E-state index >= 15 is 0 Å². The van der Waals surface area contributed by atoms with Crippen LogP contribution < -0.4 is 0 Å². The van der Waals surface area contributed by atoms with Gasteiger partial charge < -0.3 is 49.7 Å². The lowest BCUT2D eigenvalue weighted by atomic mass is 9.85. The fourth-order valence-electron chi connectivity index (χ4n) is 6.34. The third kappa shape index (κ3) is 31.2. The van der Waals surface area contributed by atoms with E-state index in [4.69, 9.17) is 28.3 Å². The molecule has 0 heterocycles. The van der Waals surface area contributed by atoms with E-state index in [2.05, 4.69) is 54.8 Å². The number of hydrogen-bond acceptors (Lipinski definition) is 14. The molecule has 0 saturated heterocycles.